The van der Waals surface area contributed by atoms with Crippen LogP contribution >= 0.6 is 11.6 Å². The lowest BCUT2D eigenvalue weighted by atomic mass is 9.95. The van der Waals surface area contributed by atoms with Gasteiger partial charge in [0.2, 0.25) is 0 Å². The van der Waals surface area contributed by atoms with E-state index < -0.39 is 17.7 Å². The Labute approximate surface area is 219 Å². The largest absolute Gasteiger partial charge is 0.507 e. The molecule has 37 heavy (non-hydrogen) atoms. The van der Waals surface area contributed by atoms with Crippen LogP contribution in [0.1, 0.15) is 34.1 Å². The van der Waals surface area contributed by atoms with Crippen LogP contribution in [0.5, 0.6) is 5.75 Å². The van der Waals surface area contributed by atoms with Crippen molar-refractivity contribution >= 4 is 29.1 Å². The molecule has 186 valence electrons. The summed E-state index contributed by atoms with van der Waals surface area (Å²) in [5.74, 6) is -0.591. The molecule has 1 amide bonds. The van der Waals surface area contributed by atoms with Gasteiger partial charge in [0.25, 0.3) is 11.7 Å². The van der Waals surface area contributed by atoms with Crippen molar-refractivity contribution in [1.29, 1.82) is 0 Å². The Morgan fingerprint density at radius 1 is 1.00 bits per heavy atom. The summed E-state index contributed by atoms with van der Waals surface area (Å²) in [4.78, 5) is 27.6. The number of carbonyl (C=O) groups excluding carboxylic acids is 2. The first-order valence-electron chi connectivity index (χ1n) is 11.8. The summed E-state index contributed by atoms with van der Waals surface area (Å²) in [6, 6.07) is 24.3. The molecule has 1 unspecified atom stereocenters. The van der Waals surface area contributed by atoms with Crippen LogP contribution in [0.25, 0.3) is 5.76 Å². The second-order valence-corrected chi connectivity index (χ2v) is 9.30. The van der Waals surface area contributed by atoms with E-state index in [1.54, 1.807) is 60.7 Å². The minimum atomic E-state index is -0.806. The summed E-state index contributed by atoms with van der Waals surface area (Å²) in [7, 11) is 0. The summed E-state index contributed by atoms with van der Waals surface area (Å²) in [5.41, 5.74) is 3.26. The average Bonchev–Trinajstić information content (AvgIpc) is 3.50. The number of likely N-dealkylation sites (tertiary alicyclic amines) is 1. The second kappa shape index (κ2) is 10.4. The van der Waals surface area contributed by atoms with E-state index in [4.69, 9.17) is 20.8 Å². The Morgan fingerprint density at radius 2 is 1.76 bits per heavy atom. The van der Waals surface area contributed by atoms with Crippen LogP contribution in [-0.4, -0.2) is 21.7 Å². The molecule has 5 rings (SSSR count). The maximum Gasteiger partial charge on any atom is 0.296 e. The highest BCUT2D eigenvalue weighted by Gasteiger charge is 2.46. The Balaban J connectivity index is 1.46. The highest BCUT2D eigenvalue weighted by Crippen LogP contribution is 2.40. The molecule has 0 bridgehead atoms. The zero-order valence-electron chi connectivity index (χ0n) is 20.1. The van der Waals surface area contributed by atoms with Gasteiger partial charge in [0.1, 0.15) is 23.9 Å². The number of amides is 1. The number of ketones is 1. The molecule has 1 aliphatic heterocycles. The summed E-state index contributed by atoms with van der Waals surface area (Å²) >= 11 is 6.07. The molecule has 4 aromatic rings. The number of furan rings is 1. The second-order valence-electron chi connectivity index (χ2n) is 8.86. The molecule has 1 saturated heterocycles. The molecule has 3 aromatic carbocycles. The third-order valence-corrected chi connectivity index (χ3v) is 6.50. The predicted molar refractivity (Wildman–Crippen MR) is 140 cm³/mol. The summed E-state index contributed by atoms with van der Waals surface area (Å²) in [5, 5.41) is 11.8. The van der Waals surface area contributed by atoms with Crippen LogP contribution < -0.4 is 4.74 Å². The number of nitrogens with zero attached hydrogens (tertiary/aromatic N) is 1. The van der Waals surface area contributed by atoms with Gasteiger partial charge < -0.3 is 19.2 Å². The monoisotopic (exact) mass is 513 g/mol. The smallest absolute Gasteiger partial charge is 0.296 e. The normalized spacial score (nSPS) is 16.8. The predicted octanol–water partition coefficient (Wildman–Crippen LogP) is 6.44. The number of hydrogen-bond acceptors (Lipinski definition) is 5. The topological polar surface area (TPSA) is 80.0 Å². The van der Waals surface area contributed by atoms with Crippen LogP contribution in [0.4, 0.5) is 0 Å². The molecular weight excluding hydrogens is 490 g/mol. The van der Waals surface area contributed by atoms with Crippen molar-refractivity contribution in [2.24, 2.45) is 0 Å². The number of benzene rings is 3. The van der Waals surface area contributed by atoms with Gasteiger partial charge in [0.15, 0.2) is 0 Å². The maximum atomic E-state index is 13.2. The lowest BCUT2D eigenvalue weighted by Gasteiger charge is -2.24. The SMILES string of the molecule is Cc1cccc(COc2ccc(/C(O)=C3\C(=O)C(=O)N(Cc4ccco4)C3c3ccc(Cl)cc3)cc2)c1. The number of aliphatic hydroxyl groups is 1. The van der Waals surface area contributed by atoms with E-state index >= 15 is 0 Å². The van der Waals surface area contributed by atoms with E-state index in [1.165, 1.54) is 11.2 Å². The van der Waals surface area contributed by atoms with Crippen molar-refractivity contribution in [3.8, 4) is 5.75 Å². The number of carbonyl (C=O) groups is 2. The molecule has 0 radical (unpaired) electrons. The van der Waals surface area contributed by atoms with E-state index in [-0.39, 0.29) is 17.9 Å². The van der Waals surface area contributed by atoms with E-state index in [0.29, 0.717) is 34.3 Å². The summed E-state index contributed by atoms with van der Waals surface area (Å²) < 4.78 is 11.3. The van der Waals surface area contributed by atoms with Crippen LogP contribution in [0, 0.1) is 6.92 Å². The van der Waals surface area contributed by atoms with Crippen molar-refractivity contribution in [3.05, 3.63) is 130 Å². The van der Waals surface area contributed by atoms with Gasteiger partial charge >= 0.3 is 0 Å². The maximum absolute atomic E-state index is 13.2. The van der Waals surface area contributed by atoms with E-state index in [9.17, 15) is 14.7 Å². The van der Waals surface area contributed by atoms with Crippen molar-refractivity contribution in [3.63, 3.8) is 0 Å². The van der Waals surface area contributed by atoms with E-state index in [2.05, 4.69) is 6.07 Å². The Bertz CT molecular complexity index is 1460. The molecule has 2 heterocycles. The van der Waals surface area contributed by atoms with Gasteiger partial charge in [-0.2, -0.15) is 0 Å². The van der Waals surface area contributed by atoms with Crippen molar-refractivity contribution < 1.29 is 23.8 Å². The van der Waals surface area contributed by atoms with Crippen molar-refractivity contribution in [1.82, 2.24) is 4.90 Å². The molecule has 6 nitrogen and oxygen atoms in total. The lowest BCUT2D eigenvalue weighted by Crippen LogP contribution is -2.29. The molecule has 0 spiro atoms. The fourth-order valence-corrected chi connectivity index (χ4v) is 4.56. The molecule has 1 atom stereocenters. The Kier molecular flexibility index (Phi) is 6.84. The zero-order chi connectivity index (χ0) is 25.9. The highest BCUT2D eigenvalue weighted by atomic mass is 35.5. The summed E-state index contributed by atoms with van der Waals surface area (Å²) in [6.45, 7) is 2.51. The average molecular weight is 514 g/mol. The standard InChI is InChI=1S/C30H24ClNO5/c1-19-4-2-5-20(16-19)18-37-24-13-9-22(10-14-24)28(33)26-27(21-7-11-23(31)12-8-21)32(30(35)29(26)34)17-25-6-3-15-36-25/h2-16,27,33H,17-18H2,1H3/b28-26+. The Morgan fingerprint density at radius 3 is 2.43 bits per heavy atom. The first kappa shape index (κ1) is 24.4. The molecule has 1 fully saturated rings. The van der Waals surface area contributed by atoms with Gasteiger partial charge in [-0.15, -0.1) is 0 Å². The highest BCUT2D eigenvalue weighted by molar-refractivity contribution is 6.46. The molecule has 0 saturated carbocycles. The van der Waals surface area contributed by atoms with Gasteiger partial charge in [0.05, 0.1) is 24.4 Å². The molecular formula is C30H24ClNO5. The van der Waals surface area contributed by atoms with Gasteiger partial charge in [-0.1, -0.05) is 53.6 Å². The number of Topliss-reactive ketones (excluding diaryl/α,β-unsaturated/α-hetero) is 1. The van der Waals surface area contributed by atoms with Crippen molar-refractivity contribution in [2.45, 2.75) is 26.1 Å². The third kappa shape index (κ3) is 5.15. The third-order valence-electron chi connectivity index (χ3n) is 6.25. The van der Waals surface area contributed by atoms with Crippen LogP contribution in [0.2, 0.25) is 5.02 Å². The van der Waals surface area contributed by atoms with Crippen LogP contribution in [-0.2, 0) is 22.7 Å². The number of aliphatic hydroxyl groups excluding tert-OH is 1. The minimum Gasteiger partial charge on any atom is -0.507 e. The Hall–Kier alpha value is -4.29. The number of aryl methyl sites for hydroxylation is 1. The molecule has 1 aromatic heterocycles. The molecule has 0 aliphatic carbocycles. The van der Waals surface area contributed by atoms with Gasteiger partial charge in [-0.05, 0) is 66.6 Å². The fraction of sp³-hybridized carbons (Fsp3) is 0.133. The number of ether oxygens (including phenoxy) is 1. The van der Waals surface area contributed by atoms with E-state index in [0.717, 1.165) is 11.1 Å². The molecule has 1 N–H and O–H groups in total. The zero-order valence-corrected chi connectivity index (χ0v) is 20.8. The fourth-order valence-electron chi connectivity index (χ4n) is 4.44. The minimum absolute atomic E-state index is 0.00677. The van der Waals surface area contributed by atoms with Crippen LogP contribution in [0.15, 0.2) is 101 Å². The van der Waals surface area contributed by atoms with Gasteiger partial charge in [-0.3, -0.25) is 9.59 Å². The lowest BCUT2D eigenvalue weighted by molar-refractivity contribution is -0.140. The molecule has 7 heteroatoms. The quantitative estimate of drug-likeness (QED) is 0.175. The first-order valence-corrected chi connectivity index (χ1v) is 12.1. The van der Waals surface area contributed by atoms with Gasteiger partial charge in [-0.25, -0.2) is 0 Å². The van der Waals surface area contributed by atoms with Crippen molar-refractivity contribution in [2.75, 3.05) is 0 Å². The number of hydrogen-bond donors (Lipinski definition) is 1. The van der Waals surface area contributed by atoms with Crippen LogP contribution in [0.3, 0.4) is 0 Å². The van der Waals surface area contributed by atoms with E-state index in [1.807, 2.05) is 25.1 Å². The summed E-state index contributed by atoms with van der Waals surface area (Å²) in [6.07, 6.45) is 1.51. The van der Waals surface area contributed by atoms with Gasteiger partial charge in [0, 0.05) is 10.6 Å². The number of halogens is 1. The first-order chi connectivity index (χ1) is 17.9. The number of rotatable bonds is 7. The molecule has 1 aliphatic rings.